The van der Waals surface area contributed by atoms with Crippen LogP contribution in [0.1, 0.15) is 56.4 Å². The van der Waals surface area contributed by atoms with Gasteiger partial charge in [-0.1, -0.05) is 19.4 Å². The SMILES string of the molecule is CCCc1ccc(C(C)O)c(C2OC2C)n1. The van der Waals surface area contributed by atoms with Gasteiger partial charge in [-0.3, -0.25) is 4.98 Å². The van der Waals surface area contributed by atoms with Gasteiger partial charge in [0.25, 0.3) is 0 Å². The fourth-order valence-corrected chi connectivity index (χ4v) is 1.98. The summed E-state index contributed by atoms with van der Waals surface area (Å²) < 4.78 is 5.45. The maximum atomic E-state index is 9.69. The van der Waals surface area contributed by atoms with E-state index in [1.165, 1.54) is 0 Å². The Balaban J connectivity index is 2.31. The van der Waals surface area contributed by atoms with Crippen molar-refractivity contribution in [3.8, 4) is 0 Å². The van der Waals surface area contributed by atoms with Gasteiger partial charge in [0.1, 0.15) is 6.10 Å². The lowest BCUT2D eigenvalue weighted by atomic mass is 10.0. The van der Waals surface area contributed by atoms with Crippen LogP contribution in [0.15, 0.2) is 12.1 Å². The lowest BCUT2D eigenvalue weighted by molar-refractivity contribution is 0.196. The van der Waals surface area contributed by atoms with E-state index in [9.17, 15) is 5.11 Å². The molecule has 0 saturated carbocycles. The van der Waals surface area contributed by atoms with Gasteiger partial charge in [-0.15, -0.1) is 0 Å². The highest BCUT2D eigenvalue weighted by Crippen LogP contribution is 2.40. The number of hydrogen-bond donors (Lipinski definition) is 1. The Bertz CT molecular complexity index is 376. The lowest BCUT2D eigenvalue weighted by Crippen LogP contribution is -2.04. The summed E-state index contributed by atoms with van der Waals surface area (Å²) in [6.07, 6.45) is 1.91. The average molecular weight is 221 g/mol. The first-order valence-electron chi connectivity index (χ1n) is 5.96. The molecule has 0 amide bonds. The van der Waals surface area contributed by atoms with E-state index in [1.807, 2.05) is 19.1 Å². The van der Waals surface area contributed by atoms with Crippen molar-refractivity contribution in [2.24, 2.45) is 0 Å². The predicted octanol–water partition coefficient (Wildman–Crippen LogP) is 2.55. The second-order valence-corrected chi connectivity index (χ2v) is 4.46. The van der Waals surface area contributed by atoms with Gasteiger partial charge in [0.15, 0.2) is 0 Å². The molecule has 2 rings (SSSR count). The molecule has 1 aromatic rings. The van der Waals surface area contributed by atoms with E-state index in [2.05, 4.69) is 11.9 Å². The maximum Gasteiger partial charge on any atom is 0.126 e. The van der Waals surface area contributed by atoms with Crippen LogP contribution in [0.25, 0.3) is 0 Å². The fraction of sp³-hybridized carbons (Fsp3) is 0.615. The minimum absolute atomic E-state index is 0.0846. The standard InChI is InChI=1S/C13H19NO2/c1-4-5-10-6-7-11(8(2)15)12(14-10)13-9(3)16-13/h6-9,13,15H,4-5H2,1-3H3. The summed E-state index contributed by atoms with van der Waals surface area (Å²) in [5.41, 5.74) is 2.91. The van der Waals surface area contributed by atoms with Crippen molar-refractivity contribution >= 4 is 0 Å². The lowest BCUT2D eigenvalue weighted by Gasteiger charge is -2.11. The van der Waals surface area contributed by atoms with Crippen LogP contribution in [-0.2, 0) is 11.2 Å². The smallest absolute Gasteiger partial charge is 0.126 e. The summed E-state index contributed by atoms with van der Waals surface area (Å²) in [4.78, 5) is 4.61. The summed E-state index contributed by atoms with van der Waals surface area (Å²) in [7, 11) is 0. The summed E-state index contributed by atoms with van der Waals surface area (Å²) in [5.74, 6) is 0. The topological polar surface area (TPSA) is 45.6 Å². The second kappa shape index (κ2) is 4.52. The van der Waals surface area contributed by atoms with Gasteiger partial charge in [-0.05, 0) is 26.3 Å². The molecule has 2 heterocycles. The van der Waals surface area contributed by atoms with Gasteiger partial charge < -0.3 is 9.84 Å². The van der Waals surface area contributed by atoms with E-state index in [0.29, 0.717) is 0 Å². The molecule has 3 unspecified atom stereocenters. The van der Waals surface area contributed by atoms with E-state index in [0.717, 1.165) is 29.8 Å². The van der Waals surface area contributed by atoms with Crippen molar-refractivity contribution in [1.29, 1.82) is 0 Å². The number of aliphatic hydroxyl groups excluding tert-OH is 1. The molecule has 0 spiro atoms. The fourth-order valence-electron chi connectivity index (χ4n) is 1.98. The third kappa shape index (κ3) is 2.25. The third-order valence-corrected chi connectivity index (χ3v) is 2.95. The molecule has 3 nitrogen and oxygen atoms in total. The van der Waals surface area contributed by atoms with Gasteiger partial charge in [0, 0.05) is 11.3 Å². The minimum atomic E-state index is -0.477. The molecule has 0 aliphatic carbocycles. The monoisotopic (exact) mass is 221 g/mol. The molecular weight excluding hydrogens is 202 g/mol. The van der Waals surface area contributed by atoms with Crippen molar-refractivity contribution in [1.82, 2.24) is 4.98 Å². The molecule has 1 aromatic heterocycles. The van der Waals surface area contributed by atoms with Crippen LogP contribution in [0, 0.1) is 0 Å². The van der Waals surface area contributed by atoms with E-state index in [1.54, 1.807) is 6.92 Å². The largest absolute Gasteiger partial charge is 0.389 e. The molecule has 0 bridgehead atoms. The highest BCUT2D eigenvalue weighted by molar-refractivity contribution is 5.29. The molecule has 3 atom stereocenters. The first-order valence-corrected chi connectivity index (χ1v) is 5.96. The summed E-state index contributed by atoms with van der Waals surface area (Å²) >= 11 is 0. The van der Waals surface area contributed by atoms with Crippen LogP contribution in [-0.4, -0.2) is 16.2 Å². The maximum absolute atomic E-state index is 9.69. The molecule has 0 aromatic carbocycles. The zero-order chi connectivity index (χ0) is 11.7. The van der Waals surface area contributed by atoms with Crippen molar-refractivity contribution in [3.63, 3.8) is 0 Å². The Morgan fingerprint density at radius 2 is 2.19 bits per heavy atom. The van der Waals surface area contributed by atoms with Crippen LogP contribution in [0.4, 0.5) is 0 Å². The van der Waals surface area contributed by atoms with E-state index < -0.39 is 6.10 Å². The summed E-state index contributed by atoms with van der Waals surface area (Å²) in [6.45, 7) is 5.94. The Morgan fingerprint density at radius 1 is 1.50 bits per heavy atom. The van der Waals surface area contributed by atoms with Crippen molar-refractivity contribution in [2.45, 2.75) is 51.9 Å². The van der Waals surface area contributed by atoms with Gasteiger partial charge in [0.2, 0.25) is 0 Å². The zero-order valence-corrected chi connectivity index (χ0v) is 10.1. The van der Waals surface area contributed by atoms with E-state index in [-0.39, 0.29) is 12.2 Å². The number of aromatic nitrogens is 1. The van der Waals surface area contributed by atoms with Crippen LogP contribution in [0.5, 0.6) is 0 Å². The highest BCUT2D eigenvalue weighted by atomic mass is 16.6. The van der Waals surface area contributed by atoms with Crippen LogP contribution in [0.2, 0.25) is 0 Å². The number of epoxide rings is 1. The van der Waals surface area contributed by atoms with Crippen molar-refractivity contribution < 1.29 is 9.84 Å². The normalized spacial score (nSPS) is 25.5. The van der Waals surface area contributed by atoms with Crippen LogP contribution in [0.3, 0.4) is 0 Å². The third-order valence-electron chi connectivity index (χ3n) is 2.95. The van der Waals surface area contributed by atoms with Gasteiger partial charge in [0.05, 0.1) is 17.9 Å². The number of hydrogen-bond acceptors (Lipinski definition) is 3. The molecule has 1 aliphatic heterocycles. The van der Waals surface area contributed by atoms with Gasteiger partial charge >= 0.3 is 0 Å². The number of ether oxygens (including phenoxy) is 1. The number of aliphatic hydroxyl groups is 1. The molecule has 1 N–H and O–H groups in total. The molecule has 0 radical (unpaired) electrons. The molecule has 3 heteroatoms. The Kier molecular flexibility index (Phi) is 3.26. The molecular formula is C13H19NO2. The molecule has 88 valence electrons. The molecule has 1 fully saturated rings. The van der Waals surface area contributed by atoms with Crippen LogP contribution >= 0.6 is 0 Å². The van der Waals surface area contributed by atoms with Gasteiger partial charge in [-0.2, -0.15) is 0 Å². The van der Waals surface area contributed by atoms with Crippen LogP contribution < -0.4 is 0 Å². The molecule has 16 heavy (non-hydrogen) atoms. The van der Waals surface area contributed by atoms with Crippen molar-refractivity contribution in [2.75, 3.05) is 0 Å². The zero-order valence-electron chi connectivity index (χ0n) is 10.1. The highest BCUT2D eigenvalue weighted by Gasteiger charge is 2.39. The Morgan fingerprint density at radius 3 is 2.69 bits per heavy atom. The van der Waals surface area contributed by atoms with Crippen molar-refractivity contribution in [3.05, 3.63) is 29.1 Å². The number of aryl methyl sites for hydroxylation is 1. The average Bonchev–Trinajstić information content (AvgIpc) is 2.95. The molecule has 1 aliphatic rings. The first-order chi connectivity index (χ1) is 7.63. The number of pyridine rings is 1. The summed E-state index contributed by atoms with van der Waals surface area (Å²) in [5, 5.41) is 9.69. The van der Waals surface area contributed by atoms with E-state index in [4.69, 9.17) is 4.74 Å². The summed E-state index contributed by atoms with van der Waals surface area (Å²) in [6, 6.07) is 3.98. The minimum Gasteiger partial charge on any atom is -0.389 e. The van der Waals surface area contributed by atoms with E-state index >= 15 is 0 Å². The molecule has 1 saturated heterocycles. The second-order valence-electron chi connectivity index (χ2n) is 4.46. The van der Waals surface area contributed by atoms with Gasteiger partial charge in [-0.25, -0.2) is 0 Å². The quantitative estimate of drug-likeness (QED) is 0.795. The first kappa shape index (κ1) is 11.6. The number of rotatable bonds is 4. The Labute approximate surface area is 96.5 Å². The number of nitrogens with zero attached hydrogens (tertiary/aromatic N) is 1. The Hall–Kier alpha value is -0.930. The predicted molar refractivity (Wildman–Crippen MR) is 62.2 cm³/mol.